The Bertz CT molecular complexity index is 933. The van der Waals surface area contributed by atoms with Gasteiger partial charge in [-0.05, 0) is 50.2 Å². The zero-order valence-corrected chi connectivity index (χ0v) is 15.6. The molecule has 0 radical (unpaired) electrons. The van der Waals surface area contributed by atoms with Gasteiger partial charge in [-0.3, -0.25) is 9.89 Å². The molecule has 7 nitrogen and oxygen atoms in total. The number of carbonyl (C=O) groups is 1. The largest absolute Gasteiger partial charge is 0.371 e. The van der Waals surface area contributed by atoms with Crippen LogP contribution in [0.2, 0.25) is 0 Å². The predicted molar refractivity (Wildman–Crippen MR) is 107 cm³/mol. The number of pyridine rings is 1. The molecule has 1 aliphatic heterocycles. The number of aromatic nitrogens is 3. The quantitative estimate of drug-likeness (QED) is 0.743. The maximum atomic E-state index is 12.7. The predicted octanol–water partition coefficient (Wildman–Crippen LogP) is 2.42. The van der Waals surface area contributed by atoms with Crippen LogP contribution in [0, 0.1) is 0 Å². The number of nitrogens with one attached hydrogen (secondary N) is 2. The summed E-state index contributed by atoms with van der Waals surface area (Å²) in [5.74, 6) is -0.158. The summed E-state index contributed by atoms with van der Waals surface area (Å²) in [5, 5.41) is 11.0. The smallest absolute Gasteiger partial charge is 0.276 e. The molecular weight excluding hydrogens is 340 g/mol. The number of fused-ring (bicyclic) bond motifs is 1. The van der Waals surface area contributed by atoms with Crippen molar-refractivity contribution >= 4 is 28.2 Å². The maximum Gasteiger partial charge on any atom is 0.276 e. The summed E-state index contributed by atoms with van der Waals surface area (Å²) < 4.78 is 0. The Morgan fingerprint density at radius 3 is 2.67 bits per heavy atom. The zero-order chi connectivity index (χ0) is 18.8. The van der Waals surface area contributed by atoms with Crippen molar-refractivity contribution in [2.24, 2.45) is 0 Å². The molecule has 0 spiro atoms. The van der Waals surface area contributed by atoms with Crippen LogP contribution in [0.1, 0.15) is 23.3 Å². The van der Waals surface area contributed by atoms with Crippen LogP contribution >= 0.6 is 0 Å². The van der Waals surface area contributed by atoms with Crippen LogP contribution in [-0.4, -0.2) is 54.3 Å². The monoisotopic (exact) mass is 364 g/mol. The summed E-state index contributed by atoms with van der Waals surface area (Å²) in [6.45, 7) is 2.14. The molecule has 1 aliphatic rings. The number of H-pyrrole nitrogens is 1. The van der Waals surface area contributed by atoms with Gasteiger partial charge in [-0.15, -0.1) is 0 Å². The Morgan fingerprint density at radius 1 is 1.11 bits per heavy atom. The van der Waals surface area contributed by atoms with E-state index in [4.69, 9.17) is 0 Å². The summed E-state index contributed by atoms with van der Waals surface area (Å²) in [7, 11) is 3.87. The molecule has 1 aromatic carbocycles. The first-order valence-corrected chi connectivity index (χ1v) is 9.24. The molecule has 2 N–H and O–H groups in total. The van der Waals surface area contributed by atoms with E-state index in [0.29, 0.717) is 17.4 Å². The highest BCUT2D eigenvalue weighted by Gasteiger charge is 2.19. The van der Waals surface area contributed by atoms with E-state index in [9.17, 15) is 4.79 Å². The van der Waals surface area contributed by atoms with E-state index in [1.54, 1.807) is 25.5 Å². The first kappa shape index (κ1) is 17.5. The molecule has 27 heavy (non-hydrogen) atoms. The number of nitrogens with zero attached hydrogens (tertiary/aromatic N) is 4. The second-order valence-electron chi connectivity index (χ2n) is 6.99. The zero-order valence-electron chi connectivity index (χ0n) is 15.6. The van der Waals surface area contributed by atoms with Gasteiger partial charge in [0.25, 0.3) is 5.91 Å². The van der Waals surface area contributed by atoms with Gasteiger partial charge in [0.05, 0.1) is 17.4 Å². The minimum atomic E-state index is -0.158. The molecular formula is C20H24N6O. The first-order valence-electron chi connectivity index (χ1n) is 9.24. The Morgan fingerprint density at radius 2 is 1.93 bits per heavy atom. The fourth-order valence-electron chi connectivity index (χ4n) is 3.57. The fourth-order valence-corrected chi connectivity index (χ4v) is 3.57. The van der Waals surface area contributed by atoms with Gasteiger partial charge in [-0.1, -0.05) is 6.07 Å². The molecule has 0 aliphatic carbocycles. The van der Waals surface area contributed by atoms with E-state index >= 15 is 0 Å². The lowest BCUT2D eigenvalue weighted by Gasteiger charge is -2.33. The molecule has 7 heteroatoms. The lowest BCUT2D eigenvalue weighted by Crippen LogP contribution is -2.41. The van der Waals surface area contributed by atoms with Gasteiger partial charge in [-0.2, -0.15) is 5.10 Å². The van der Waals surface area contributed by atoms with Crippen LogP contribution < -0.4 is 15.1 Å². The van der Waals surface area contributed by atoms with Crippen molar-refractivity contribution in [1.29, 1.82) is 0 Å². The van der Waals surface area contributed by atoms with E-state index in [0.717, 1.165) is 36.8 Å². The number of carbonyl (C=O) groups excluding carboxylic acids is 1. The van der Waals surface area contributed by atoms with Crippen LogP contribution in [-0.2, 0) is 0 Å². The van der Waals surface area contributed by atoms with Crippen LogP contribution in [0.25, 0.3) is 10.9 Å². The highest BCUT2D eigenvalue weighted by molar-refractivity contribution is 6.05. The molecule has 0 unspecified atom stereocenters. The van der Waals surface area contributed by atoms with E-state index in [1.807, 2.05) is 12.1 Å². The second kappa shape index (κ2) is 7.36. The van der Waals surface area contributed by atoms with Crippen molar-refractivity contribution in [1.82, 2.24) is 20.5 Å². The van der Waals surface area contributed by atoms with Crippen LogP contribution in [0.5, 0.6) is 0 Å². The topological polar surface area (TPSA) is 77.2 Å². The number of aromatic amines is 1. The van der Waals surface area contributed by atoms with Crippen LogP contribution in [0.3, 0.4) is 0 Å². The van der Waals surface area contributed by atoms with Gasteiger partial charge in [0.2, 0.25) is 0 Å². The summed E-state index contributed by atoms with van der Waals surface area (Å²) in [6, 6.07) is 10.6. The van der Waals surface area contributed by atoms with Crippen molar-refractivity contribution in [2.75, 3.05) is 37.0 Å². The molecule has 0 atom stereocenters. The second-order valence-corrected chi connectivity index (χ2v) is 6.99. The number of hydrogen-bond acceptors (Lipinski definition) is 5. The van der Waals surface area contributed by atoms with E-state index < -0.39 is 0 Å². The number of anilines is 2. The number of piperidine rings is 1. The molecule has 3 aromatic rings. The Balaban J connectivity index is 1.57. The van der Waals surface area contributed by atoms with Gasteiger partial charge >= 0.3 is 0 Å². The molecule has 1 saturated heterocycles. The number of hydrogen-bond donors (Lipinski definition) is 2. The highest BCUT2D eigenvalue weighted by atomic mass is 16.2. The average molecular weight is 364 g/mol. The van der Waals surface area contributed by atoms with Gasteiger partial charge < -0.3 is 15.1 Å². The van der Waals surface area contributed by atoms with E-state index in [1.165, 1.54) is 10.6 Å². The van der Waals surface area contributed by atoms with Crippen molar-refractivity contribution in [3.05, 3.63) is 48.4 Å². The van der Waals surface area contributed by atoms with E-state index in [-0.39, 0.29) is 5.91 Å². The van der Waals surface area contributed by atoms with Crippen molar-refractivity contribution < 1.29 is 4.79 Å². The molecule has 3 heterocycles. The van der Waals surface area contributed by atoms with Gasteiger partial charge in [0.15, 0.2) is 0 Å². The molecule has 4 rings (SSSR count). The minimum Gasteiger partial charge on any atom is -0.371 e. The molecule has 1 amide bonds. The Kier molecular flexibility index (Phi) is 4.77. The normalized spacial score (nSPS) is 15.0. The van der Waals surface area contributed by atoms with Crippen molar-refractivity contribution in [2.45, 2.75) is 18.9 Å². The number of benzene rings is 1. The van der Waals surface area contributed by atoms with Crippen LogP contribution in [0.4, 0.5) is 11.4 Å². The molecule has 0 bridgehead atoms. The standard InChI is InChI=1S/C20H24N6O/c1-25(15-7-9-21-10-8-15)16-4-6-18-14(11-16)3-5-19(24-18)20(27)26(2)17-12-22-23-13-17/h3-6,11-13,15,21H,7-10H2,1-2H3,(H,22,23). The Labute approximate surface area is 158 Å². The fraction of sp³-hybridized carbons (Fsp3) is 0.350. The van der Waals surface area contributed by atoms with Gasteiger partial charge in [0, 0.05) is 37.4 Å². The maximum absolute atomic E-state index is 12.7. The Hall–Kier alpha value is -2.93. The lowest BCUT2D eigenvalue weighted by molar-refractivity contribution is 0.0988. The molecule has 140 valence electrons. The van der Waals surface area contributed by atoms with Crippen LogP contribution in [0.15, 0.2) is 42.7 Å². The number of rotatable bonds is 4. The van der Waals surface area contributed by atoms with E-state index in [2.05, 4.69) is 44.6 Å². The molecule has 1 fully saturated rings. The average Bonchev–Trinajstić information content (AvgIpc) is 3.27. The third-order valence-electron chi connectivity index (χ3n) is 5.33. The van der Waals surface area contributed by atoms with Gasteiger partial charge in [-0.25, -0.2) is 4.98 Å². The summed E-state index contributed by atoms with van der Waals surface area (Å²) in [5.41, 5.74) is 3.14. The summed E-state index contributed by atoms with van der Waals surface area (Å²) in [4.78, 5) is 21.1. The minimum absolute atomic E-state index is 0.158. The molecule has 2 aromatic heterocycles. The summed E-state index contributed by atoms with van der Waals surface area (Å²) in [6.07, 6.45) is 5.60. The third kappa shape index (κ3) is 3.50. The van der Waals surface area contributed by atoms with Gasteiger partial charge in [0.1, 0.15) is 5.69 Å². The highest BCUT2D eigenvalue weighted by Crippen LogP contribution is 2.25. The summed E-state index contributed by atoms with van der Waals surface area (Å²) >= 11 is 0. The number of amides is 1. The van der Waals surface area contributed by atoms with Crippen molar-refractivity contribution in [3.8, 4) is 0 Å². The van der Waals surface area contributed by atoms with Crippen molar-refractivity contribution in [3.63, 3.8) is 0 Å². The molecule has 0 saturated carbocycles. The third-order valence-corrected chi connectivity index (χ3v) is 5.33. The lowest BCUT2D eigenvalue weighted by atomic mass is 10.0. The SMILES string of the molecule is CN(C(=O)c1ccc2cc(N(C)C3CCNCC3)ccc2n1)c1cn[nH]c1. The first-order chi connectivity index (χ1) is 13.1.